The van der Waals surface area contributed by atoms with Crippen LogP contribution in [0.1, 0.15) is 37.4 Å². The van der Waals surface area contributed by atoms with E-state index in [0.717, 1.165) is 46.3 Å². The van der Waals surface area contributed by atoms with Crippen LogP contribution in [-0.4, -0.2) is 55.0 Å². The van der Waals surface area contributed by atoms with Gasteiger partial charge in [-0.1, -0.05) is 6.07 Å². The van der Waals surface area contributed by atoms with E-state index in [4.69, 9.17) is 10.7 Å². The molecular weight excluding hydrogens is 428 g/mol. The van der Waals surface area contributed by atoms with Crippen LogP contribution in [0.25, 0.3) is 33.2 Å². The van der Waals surface area contributed by atoms with Crippen molar-refractivity contribution in [2.45, 2.75) is 37.5 Å². The van der Waals surface area contributed by atoms with Crippen molar-refractivity contribution in [1.29, 1.82) is 0 Å². The molecule has 1 aliphatic heterocycles. The molecule has 1 amide bonds. The predicted molar refractivity (Wildman–Crippen MR) is 120 cm³/mol. The number of nitrogens with zero attached hydrogens (tertiary/aromatic N) is 4. The zero-order chi connectivity index (χ0) is 22.7. The maximum atomic E-state index is 13.2. The molecule has 33 heavy (non-hydrogen) atoms. The summed E-state index contributed by atoms with van der Waals surface area (Å²) in [5.74, 6) is -2.33. The second-order valence-electron chi connectivity index (χ2n) is 9.13. The number of anilines is 1. The number of amides is 1. The van der Waals surface area contributed by atoms with Crippen LogP contribution >= 0.6 is 0 Å². The number of aromatic nitrogens is 5. The van der Waals surface area contributed by atoms with Crippen LogP contribution in [0.2, 0.25) is 0 Å². The van der Waals surface area contributed by atoms with Gasteiger partial charge in [0.2, 0.25) is 11.8 Å². The Bertz CT molecular complexity index is 1360. The van der Waals surface area contributed by atoms with Crippen molar-refractivity contribution >= 4 is 33.7 Å². The number of carbonyl (C=O) groups excluding carboxylic acids is 1. The van der Waals surface area contributed by atoms with E-state index in [1.54, 1.807) is 11.1 Å². The van der Waals surface area contributed by atoms with Crippen LogP contribution in [0.3, 0.4) is 0 Å². The topological polar surface area (TPSA) is 117 Å². The number of halogens is 2. The summed E-state index contributed by atoms with van der Waals surface area (Å²) < 4.78 is 26.5. The van der Waals surface area contributed by atoms with Crippen molar-refractivity contribution in [2.75, 3.05) is 18.8 Å². The Morgan fingerprint density at radius 3 is 2.82 bits per heavy atom. The van der Waals surface area contributed by atoms with Gasteiger partial charge in [0.05, 0.1) is 11.2 Å². The average Bonchev–Trinajstić information content (AvgIpc) is 3.47. The minimum Gasteiger partial charge on any atom is -0.382 e. The molecule has 0 spiro atoms. The molecule has 1 atom stereocenters. The molecule has 0 unspecified atom stereocenters. The van der Waals surface area contributed by atoms with Gasteiger partial charge in [0.1, 0.15) is 22.7 Å². The molecule has 3 aromatic heterocycles. The van der Waals surface area contributed by atoms with Gasteiger partial charge in [-0.25, -0.2) is 18.7 Å². The molecule has 170 valence electrons. The number of piperidine rings is 1. The summed E-state index contributed by atoms with van der Waals surface area (Å²) in [5.41, 5.74) is 10.2. The number of carbonyl (C=O) groups is 1. The summed E-state index contributed by atoms with van der Waals surface area (Å²) in [7, 11) is 0. The van der Waals surface area contributed by atoms with E-state index in [9.17, 15) is 13.6 Å². The summed E-state index contributed by atoms with van der Waals surface area (Å²) in [6, 6.07) is 7.79. The van der Waals surface area contributed by atoms with Crippen LogP contribution in [0.15, 0.2) is 30.5 Å². The highest BCUT2D eigenvalue weighted by molar-refractivity contribution is 6.07. The quantitative estimate of drug-likeness (QED) is 0.438. The van der Waals surface area contributed by atoms with Gasteiger partial charge in [0.15, 0.2) is 0 Å². The van der Waals surface area contributed by atoms with E-state index in [1.807, 2.05) is 24.3 Å². The number of H-pyrrole nitrogens is 2. The van der Waals surface area contributed by atoms with Crippen LogP contribution in [0.5, 0.6) is 0 Å². The number of benzene rings is 1. The lowest BCUT2D eigenvalue weighted by Gasteiger charge is -2.39. The number of pyridine rings is 1. The van der Waals surface area contributed by atoms with Gasteiger partial charge in [-0.3, -0.25) is 9.89 Å². The first-order valence-corrected chi connectivity index (χ1v) is 11.1. The summed E-state index contributed by atoms with van der Waals surface area (Å²) in [4.78, 5) is 27.2. The number of nitrogen functional groups attached to an aromatic ring is 1. The monoisotopic (exact) mass is 451 g/mol. The molecule has 0 radical (unpaired) electrons. The number of hydrogen-bond donors (Lipinski definition) is 3. The van der Waals surface area contributed by atoms with Gasteiger partial charge >= 0.3 is 0 Å². The third-order valence-electron chi connectivity index (χ3n) is 6.84. The second-order valence-corrected chi connectivity index (χ2v) is 9.13. The molecule has 2 aliphatic rings. The van der Waals surface area contributed by atoms with E-state index in [2.05, 4.69) is 20.2 Å². The van der Waals surface area contributed by atoms with Crippen LogP contribution in [0, 0.1) is 5.92 Å². The number of nitrogens with two attached hydrogens (primary N) is 1. The molecule has 6 rings (SSSR count). The van der Waals surface area contributed by atoms with Gasteiger partial charge in [-0.15, -0.1) is 0 Å². The fourth-order valence-corrected chi connectivity index (χ4v) is 5.05. The Morgan fingerprint density at radius 2 is 2.06 bits per heavy atom. The maximum Gasteiger partial charge on any atom is 0.249 e. The summed E-state index contributed by atoms with van der Waals surface area (Å²) in [5, 5.41) is 7.82. The normalized spacial score (nSPS) is 20.9. The highest BCUT2D eigenvalue weighted by atomic mass is 19.3. The highest BCUT2D eigenvalue weighted by Crippen LogP contribution is 2.44. The van der Waals surface area contributed by atoms with Crippen molar-refractivity contribution in [2.24, 2.45) is 5.92 Å². The fourth-order valence-electron chi connectivity index (χ4n) is 5.05. The van der Waals surface area contributed by atoms with Gasteiger partial charge < -0.3 is 15.6 Å². The fraction of sp³-hybridized carbons (Fsp3) is 0.391. The SMILES string of the molecule is Nc1nc2cc(-c3ccn[nH]3)ccc2c2nc([C@H]3CCCN(C(=O)C4CC(F)(F)C4)C3)[nH]c12. The number of imidazole rings is 1. The first kappa shape index (κ1) is 20.1. The number of rotatable bonds is 3. The van der Waals surface area contributed by atoms with E-state index < -0.39 is 11.8 Å². The lowest BCUT2D eigenvalue weighted by molar-refractivity contribution is -0.160. The third kappa shape index (κ3) is 3.40. The molecule has 4 aromatic rings. The predicted octanol–water partition coefficient (Wildman–Crippen LogP) is 3.83. The molecule has 1 aromatic carbocycles. The minimum atomic E-state index is -2.70. The maximum absolute atomic E-state index is 13.2. The molecule has 2 fully saturated rings. The number of aromatic amines is 2. The van der Waals surface area contributed by atoms with Crippen molar-refractivity contribution in [3.63, 3.8) is 0 Å². The van der Waals surface area contributed by atoms with E-state index >= 15 is 0 Å². The molecule has 10 heteroatoms. The summed E-state index contributed by atoms with van der Waals surface area (Å²) in [6.45, 7) is 1.07. The van der Waals surface area contributed by atoms with Gasteiger partial charge in [0.25, 0.3) is 0 Å². The number of fused-ring (bicyclic) bond motifs is 3. The smallest absolute Gasteiger partial charge is 0.249 e. The largest absolute Gasteiger partial charge is 0.382 e. The molecule has 4 heterocycles. The van der Waals surface area contributed by atoms with Gasteiger partial charge in [-0.2, -0.15) is 5.10 Å². The van der Waals surface area contributed by atoms with E-state index in [1.165, 1.54) is 0 Å². The lowest BCUT2D eigenvalue weighted by atomic mass is 9.80. The zero-order valence-corrected chi connectivity index (χ0v) is 17.8. The molecule has 1 saturated carbocycles. The Kier molecular flexibility index (Phi) is 4.40. The number of hydrogen-bond acceptors (Lipinski definition) is 5. The van der Waals surface area contributed by atoms with Crippen molar-refractivity contribution in [3.05, 3.63) is 36.3 Å². The molecular formula is C23H23F2N7O. The lowest BCUT2D eigenvalue weighted by Crippen LogP contribution is -2.49. The van der Waals surface area contributed by atoms with Crippen LogP contribution in [0.4, 0.5) is 14.6 Å². The summed E-state index contributed by atoms with van der Waals surface area (Å²) in [6.07, 6.45) is 2.68. The Balaban J connectivity index is 1.30. The molecule has 1 saturated heterocycles. The zero-order valence-electron chi connectivity index (χ0n) is 17.8. The Labute approximate surface area is 187 Å². The van der Waals surface area contributed by atoms with E-state index in [0.29, 0.717) is 24.4 Å². The highest BCUT2D eigenvalue weighted by Gasteiger charge is 2.50. The van der Waals surface area contributed by atoms with Crippen molar-refractivity contribution in [3.8, 4) is 11.3 Å². The standard InChI is InChI=1S/C23H23F2N7O/c24-23(25)9-14(10-23)22(33)32-7-1-2-13(11-32)21-29-18-15-4-3-12(16-5-6-27-31-16)8-17(15)28-20(26)19(18)30-21/h3-6,8,13-14H,1-2,7,9-11H2,(H2,26,28)(H,27,31)(H,29,30)/t13-/m0/s1. The van der Waals surface area contributed by atoms with E-state index in [-0.39, 0.29) is 24.7 Å². The van der Waals surface area contributed by atoms with Crippen LogP contribution < -0.4 is 5.73 Å². The molecule has 0 bridgehead atoms. The average molecular weight is 451 g/mol. The number of likely N-dealkylation sites (tertiary alicyclic amines) is 1. The van der Waals surface area contributed by atoms with Gasteiger partial charge in [0, 0.05) is 54.9 Å². The van der Waals surface area contributed by atoms with Crippen LogP contribution in [-0.2, 0) is 4.79 Å². The number of nitrogens with one attached hydrogen (secondary N) is 2. The van der Waals surface area contributed by atoms with Crippen molar-refractivity contribution in [1.82, 2.24) is 30.0 Å². The minimum absolute atomic E-state index is 0.00518. The number of alkyl halides is 2. The third-order valence-corrected chi connectivity index (χ3v) is 6.84. The first-order chi connectivity index (χ1) is 15.9. The Morgan fingerprint density at radius 1 is 1.21 bits per heavy atom. The Hall–Kier alpha value is -3.56. The van der Waals surface area contributed by atoms with Crippen molar-refractivity contribution < 1.29 is 13.6 Å². The summed E-state index contributed by atoms with van der Waals surface area (Å²) >= 11 is 0. The molecule has 8 nitrogen and oxygen atoms in total. The first-order valence-electron chi connectivity index (χ1n) is 11.1. The van der Waals surface area contributed by atoms with Gasteiger partial charge in [-0.05, 0) is 31.0 Å². The second kappa shape index (κ2) is 7.23. The molecule has 4 N–H and O–H groups in total. The molecule has 1 aliphatic carbocycles.